The van der Waals surface area contributed by atoms with E-state index in [1.54, 1.807) is 0 Å². The van der Waals surface area contributed by atoms with Gasteiger partial charge in [0.1, 0.15) is 0 Å². The minimum atomic E-state index is -0.635. The van der Waals surface area contributed by atoms with Crippen molar-refractivity contribution in [1.82, 2.24) is 0 Å². The molecule has 1 aliphatic rings. The van der Waals surface area contributed by atoms with Crippen LogP contribution in [0, 0.1) is 0 Å². The maximum Gasteiger partial charge on any atom is 0.192 e. The van der Waals surface area contributed by atoms with Crippen molar-refractivity contribution in [1.29, 1.82) is 0 Å². The minimum absolute atomic E-state index is 0.106. The second kappa shape index (κ2) is 4.84. The quantitative estimate of drug-likeness (QED) is 0.928. The Morgan fingerprint density at radius 1 is 1.56 bits per heavy atom. The van der Waals surface area contributed by atoms with Crippen LogP contribution in [0.25, 0.3) is 0 Å². The Kier molecular flexibility index (Phi) is 3.64. The molecular formula is C12H16BrNO2. The Bertz CT molecular complexity index is 372. The summed E-state index contributed by atoms with van der Waals surface area (Å²) in [6.45, 7) is 3.19. The fourth-order valence-corrected chi connectivity index (χ4v) is 2.29. The van der Waals surface area contributed by atoms with Crippen LogP contribution in [-0.4, -0.2) is 19.3 Å². The van der Waals surface area contributed by atoms with Crippen molar-refractivity contribution in [2.45, 2.75) is 25.2 Å². The zero-order chi connectivity index (χ0) is 11.6. The Hall–Kier alpha value is -0.420. The summed E-state index contributed by atoms with van der Waals surface area (Å²) in [6, 6.07) is 7.99. The van der Waals surface area contributed by atoms with Crippen LogP contribution in [0.4, 0.5) is 0 Å². The minimum Gasteiger partial charge on any atom is -0.343 e. The highest BCUT2D eigenvalue weighted by Gasteiger charge is 2.38. The third-order valence-corrected chi connectivity index (χ3v) is 3.27. The second-order valence-electron chi connectivity index (χ2n) is 4.08. The van der Waals surface area contributed by atoms with Gasteiger partial charge in [-0.2, -0.15) is 0 Å². The number of ether oxygens (including phenoxy) is 2. The molecule has 2 unspecified atom stereocenters. The first kappa shape index (κ1) is 12.0. The highest BCUT2D eigenvalue weighted by atomic mass is 79.9. The van der Waals surface area contributed by atoms with Crippen LogP contribution >= 0.6 is 15.9 Å². The van der Waals surface area contributed by atoms with Crippen LogP contribution in [-0.2, 0) is 15.3 Å². The molecule has 0 aliphatic carbocycles. The molecule has 4 heteroatoms. The van der Waals surface area contributed by atoms with Gasteiger partial charge in [-0.15, -0.1) is 0 Å². The van der Waals surface area contributed by atoms with Crippen molar-refractivity contribution in [3.05, 3.63) is 34.3 Å². The predicted molar refractivity (Wildman–Crippen MR) is 66.0 cm³/mol. The first-order valence-electron chi connectivity index (χ1n) is 5.42. The average Bonchev–Trinajstić information content (AvgIpc) is 2.62. The Labute approximate surface area is 104 Å². The molecule has 0 bridgehead atoms. The Balaban J connectivity index is 2.15. The van der Waals surface area contributed by atoms with E-state index in [0.717, 1.165) is 16.5 Å². The van der Waals surface area contributed by atoms with Gasteiger partial charge in [0.2, 0.25) is 0 Å². The molecule has 1 aliphatic heterocycles. The summed E-state index contributed by atoms with van der Waals surface area (Å²) >= 11 is 3.45. The monoisotopic (exact) mass is 285 g/mol. The third-order valence-electron chi connectivity index (χ3n) is 2.77. The van der Waals surface area contributed by atoms with Crippen molar-refractivity contribution in [3.8, 4) is 0 Å². The van der Waals surface area contributed by atoms with Crippen LogP contribution < -0.4 is 5.73 Å². The molecule has 1 aromatic carbocycles. The molecule has 0 radical (unpaired) electrons. The summed E-state index contributed by atoms with van der Waals surface area (Å²) in [4.78, 5) is 0. The third kappa shape index (κ3) is 2.46. The predicted octanol–water partition coefficient (Wildman–Crippen LogP) is 2.39. The van der Waals surface area contributed by atoms with Crippen LogP contribution in [0.2, 0.25) is 0 Å². The Morgan fingerprint density at radius 2 is 2.38 bits per heavy atom. The zero-order valence-corrected chi connectivity index (χ0v) is 10.9. The molecule has 2 N–H and O–H groups in total. The van der Waals surface area contributed by atoms with Gasteiger partial charge in [0.05, 0.1) is 12.7 Å². The lowest BCUT2D eigenvalue weighted by molar-refractivity contribution is -0.162. The number of hydrogen-bond donors (Lipinski definition) is 1. The number of rotatable bonds is 3. The molecular weight excluding hydrogens is 270 g/mol. The van der Waals surface area contributed by atoms with Crippen LogP contribution in [0.1, 0.15) is 18.9 Å². The zero-order valence-electron chi connectivity index (χ0n) is 9.28. The SMILES string of the molecule is CC1(c2cccc(Br)c2)OCC(CCN)O1. The van der Waals surface area contributed by atoms with Crippen LogP contribution in [0.15, 0.2) is 28.7 Å². The highest BCUT2D eigenvalue weighted by Crippen LogP contribution is 2.35. The van der Waals surface area contributed by atoms with E-state index < -0.39 is 5.79 Å². The molecule has 0 saturated carbocycles. The van der Waals surface area contributed by atoms with Crippen molar-refractivity contribution in [2.24, 2.45) is 5.73 Å². The molecule has 0 amide bonds. The number of nitrogens with two attached hydrogens (primary N) is 1. The summed E-state index contributed by atoms with van der Waals surface area (Å²) < 4.78 is 12.7. The molecule has 1 heterocycles. The maximum atomic E-state index is 5.91. The van der Waals surface area contributed by atoms with E-state index in [9.17, 15) is 0 Å². The largest absolute Gasteiger partial charge is 0.343 e. The van der Waals surface area contributed by atoms with Gasteiger partial charge in [-0.3, -0.25) is 0 Å². The van der Waals surface area contributed by atoms with Crippen molar-refractivity contribution < 1.29 is 9.47 Å². The first-order chi connectivity index (χ1) is 7.64. The van der Waals surface area contributed by atoms with Gasteiger partial charge < -0.3 is 15.2 Å². The van der Waals surface area contributed by atoms with Gasteiger partial charge in [0, 0.05) is 10.0 Å². The standard InChI is InChI=1S/C12H16BrNO2/c1-12(9-3-2-4-10(13)7-9)15-8-11(16-12)5-6-14/h2-4,7,11H,5-6,8,14H2,1H3. The van der Waals surface area contributed by atoms with Gasteiger partial charge in [0.15, 0.2) is 5.79 Å². The van der Waals surface area contributed by atoms with Crippen LogP contribution in [0.5, 0.6) is 0 Å². The number of benzene rings is 1. The van der Waals surface area contributed by atoms with E-state index in [-0.39, 0.29) is 6.10 Å². The second-order valence-corrected chi connectivity index (χ2v) is 5.00. The van der Waals surface area contributed by atoms with E-state index in [1.165, 1.54) is 0 Å². The molecule has 0 spiro atoms. The van der Waals surface area contributed by atoms with E-state index >= 15 is 0 Å². The van der Waals surface area contributed by atoms with Gasteiger partial charge >= 0.3 is 0 Å². The molecule has 0 aromatic heterocycles. The summed E-state index contributed by atoms with van der Waals surface area (Å²) in [5, 5.41) is 0. The number of hydrogen-bond acceptors (Lipinski definition) is 3. The lowest BCUT2D eigenvalue weighted by Crippen LogP contribution is -2.24. The van der Waals surface area contributed by atoms with E-state index in [0.29, 0.717) is 13.2 Å². The highest BCUT2D eigenvalue weighted by molar-refractivity contribution is 9.10. The molecule has 1 fully saturated rings. The molecule has 1 saturated heterocycles. The van der Waals surface area contributed by atoms with Crippen molar-refractivity contribution in [2.75, 3.05) is 13.2 Å². The van der Waals surface area contributed by atoms with Gasteiger partial charge in [-0.05, 0) is 32.0 Å². The lowest BCUT2D eigenvalue weighted by atomic mass is 10.1. The van der Waals surface area contributed by atoms with Gasteiger partial charge in [-0.1, -0.05) is 28.1 Å². The van der Waals surface area contributed by atoms with Crippen LogP contribution in [0.3, 0.4) is 0 Å². The summed E-state index contributed by atoms with van der Waals surface area (Å²) in [5.74, 6) is -0.635. The van der Waals surface area contributed by atoms with Crippen molar-refractivity contribution in [3.63, 3.8) is 0 Å². The topological polar surface area (TPSA) is 44.5 Å². The fraction of sp³-hybridized carbons (Fsp3) is 0.500. The first-order valence-corrected chi connectivity index (χ1v) is 6.21. The summed E-state index contributed by atoms with van der Waals surface area (Å²) in [7, 11) is 0. The Morgan fingerprint density at radius 3 is 3.06 bits per heavy atom. The number of halogens is 1. The molecule has 3 nitrogen and oxygen atoms in total. The molecule has 2 atom stereocenters. The normalized spacial score (nSPS) is 29.6. The van der Waals surface area contributed by atoms with E-state index in [4.69, 9.17) is 15.2 Å². The van der Waals surface area contributed by atoms with Crippen molar-refractivity contribution >= 4 is 15.9 Å². The average molecular weight is 286 g/mol. The fourth-order valence-electron chi connectivity index (χ4n) is 1.89. The molecule has 88 valence electrons. The van der Waals surface area contributed by atoms with E-state index in [1.807, 2.05) is 31.2 Å². The molecule has 2 rings (SSSR count). The van der Waals surface area contributed by atoms with Gasteiger partial charge in [0.25, 0.3) is 0 Å². The smallest absolute Gasteiger partial charge is 0.192 e. The van der Waals surface area contributed by atoms with Gasteiger partial charge in [-0.25, -0.2) is 0 Å². The van der Waals surface area contributed by atoms with E-state index in [2.05, 4.69) is 15.9 Å². The maximum absolute atomic E-state index is 5.91. The summed E-state index contributed by atoms with van der Waals surface area (Å²) in [6.07, 6.45) is 0.942. The molecule has 1 aromatic rings. The lowest BCUT2D eigenvalue weighted by Gasteiger charge is -2.24. The molecule has 16 heavy (non-hydrogen) atoms. The summed E-state index contributed by atoms with van der Waals surface area (Å²) in [5.41, 5.74) is 6.55.